The van der Waals surface area contributed by atoms with Crippen molar-refractivity contribution in [1.82, 2.24) is 9.55 Å². The van der Waals surface area contributed by atoms with Gasteiger partial charge in [-0.15, -0.1) is 0 Å². The van der Waals surface area contributed by atoms with Crippen LogP contribution in [-0.4, -0.2) is 9.55 Å². The van der Waals surface area contributed by atoms with E-state index < -0.39 is 0 Å². The summed E-state index contributed by atoms with van der Waals surface area (Å²) < 4.78 is 1.79. The number of aryl methyl sites for hydroxylation is 1. The van der Waals surface area contributed by atoms with E-state index in [-0.39, 0.29) is 5.56 Å². The van der Waals surface area contributed by atoms with Crippen molar-refractivity contribution in [3.8, 4) is 5.69 Å². The fourth-order valence-corrected chi connectivity index (χ4v) is 4.23. The summed E-state index contributed by atoms with van der Waals surface area (Å²) in [6.45, 7) is 0. The zero-order valence-corrected chi connectivity index (χ0v) is 14.8. The van der Waals surface area contributed by atoms with Gasteiger partial charge in [-0.25, -0.2) is 4.98 Å². The van der Waals surface area contributed by atoms with Gasteiger partial charge in [-0.3, -0.25) is 9.36 Å². The quantitative estimate of drug-likeness (QED) is 0.518. The maximum Gasteiger partial charge on any atom is 0.262 e. The molecule has 1 aliphatic rings. The zero-order valence-electron chi connectivity index (χ0n) is 14.0. The molecule has 0 saturated carbocycles. The van der Waals surface area contributed by atoms with E-state index in [1.165, 1.54) is 5.56 Å². The number of benzene rings is 2. The fraction of sp³-hybridized carbons (Fsp3) is 0.238. The summed E-state index contributed by atoms with van der Waals surface area (Å²) in [5, 5.41) is 0.792. The standard InChI is InChI=1S/C21H20N2OS/c24-20-18-13-7-8-14-19(18)22-21(23(20)17-11-5-2-6-12-17)25-15-16-9-3-1-4-10-16/h1-6,9-12H,7-8,13-15H2. The Morgan fingerprint density at radius 3 is 2.36 bits per heavy atom. The molecule has 0 saturated heterocycles. The van der Waals surface area contributed by atoms with Gasteiger partial charge in [-0.05, 0) is 43.4 Å². The monoisotopic (exact) mass is 348 g/mol. The van der Waals surface area contributed by atoms with Gasteiger partial charge >= 0.3 is 0 Å². The lowest BCUT2D eigenvalue weighted by Gasteiger charge is -2.19. The number of nitrogens with zero attached hydrogens (tertiary/aromatic N) is 2. The molecule has 1 aliphatic carbocycles. The molecule has 0 spiro atoms. The van der Waals surface area contributed by atoms with E-state index in [0.29, 0.717) is 0 Å². The molecule has 0 amide bonds. The molecule has 0 bridgehead atoms. The molecule has 0 unspecified atom stereocenters. The Morgan fingerprint density at radius 1 is 0.920 bits per heavy atom. The van der Waals surface area contributed by atoms with Crippen LogP contribution in [0.2, 0.25) is 0 Å². The Balaban J connectivity index is 1.78. The van der Waals surface area contributed by atoms with Crippen molar-refractivity contribution in [2.75, 3.05) is 0 Å². The molecule has 0 aliphatic heterocycles. The predicted molar refractivity (Wildman–Crippen MR) is 102 cm³/mol. The number of para-hydroxylation sites is 1. The van der Waals surface area contributed by atoms with Gasteiger partial charge in [0.2, 0.25) is 0 Å². The molecule has 3 aromatic rings. The van der Waals surface area contributed by atoms with Crippen molar-refractivity contribution in [2.24, 2.45) is 0 Å². The maximum absolute atomic E-state index is 13.2. The highest BCUT2D eigenvalue weighted by Gasteiger charge is 2.20. The lowest BCUT2D eigenvalue weighted by atomic mass is 9.97. The Hall–Kier alpha value is -2.33. The first-order valence-corrected chi connectivity index (χ1v) is 9.68. The molecule has 25 heavy (non-hydrogen) atoms. The van der Waals surface area contributed by atoms with Crippen molar-refractivity contribution < 1.29 is 0 Å². The van der Waals surface area contributed by atoms with Crippen LogP contribution in [0.3, 0.4) is 0 Å². The van der Waals surface area contributed by atoms with E-state index in [9.17, 15) is 4.79 Å². The van der Waals surface area contributed by atoms with Crippen molar-refractivity contribution in [3.05, 3.63) is 87.8 Å². The molecular formula is C21H20N2OS. The fourth-order valence-electron chi connectivity index (χ4n) is 3.25. The summed E-state index contributed by atoms with van der Waals surface area (Å²) in [6.07, 6.45) is 3.96. The van der Waals surface area contributed by atoms with Crippen molar-refractivity contribution in [2.45, 2.75) is 36.6 Å². The van der Waals surface area contributed by atoms with Gasteiger partial charge in [0.15, 0.2) is 5.16 Å². The van der Waals surface area contributed by atoms with Crippen LogP contribution in [0.5, 0.6) is 0 Å². The van der Waals surface area contributed by atoms with Crippen LogP contribution in [0, 0.1) is 0 Å². The van der Waals surface area contributed by atoms with E-state index in [2.05, 4.69) is 12.1 Å². The third kappa shape index (κ3) is 3.40. The molecule has 4 heteroatoms. The summed E-state index contributed by atoms with van der Waals surface area (Å²) in [5.74, 6) is 0.804. The molecule has 0 atom stereocenters. The van der Waals surface area contributed by atoms with Crippen molar-refractivity contribution in [1.29, 1.82) is 0 Å². The minimum absolute atomic E-state index is 0.103. The third-order valence-electron chi connectivity index (χ3n) is 4.55. The number of aromatic nitrogens is 2. The minimum atomic E-state index is 0.103. The highest BCUT2D eigenvalue weighted by molar-refractivity contribution is 7.98. The molecule has 0 fully saturated rings. The lowest BCUT2D eigenvalue weighted by Crippen LogP contribution is -2.29. The summed E-state index contributed by atoms with van der Waals surface area (Å²) >= 11 is 1.63. The minimum Gasteiger partial charge on any atom is -0.269 e. The maximum atomic E-state index is 13.2. The molecule has 3 nitrogen and oxygen atoms in total. The molecule has 4 rings (SSSR count). The number of rotatable bonds is 4. The number of hydrogen-bond acceptors (Lipinski definition) is 3. The van der Waals surface area contributed by atoms with E-state index in [4.69, 9.17) is 4.98 Å². The van der Waals surface area contributed by atoms with E-state index in [1.807, 2.05) is 48.5 Å². The average Bonchev–Trinajstić information content (AvgIpc) is 2.68. The molecule has 0 radical (unpaired) electrons. The zero-order chi connectivity index (χ0) is 17.1. The second-order valence-electron chi connectivity index (χ2n) is 6.28. The van der Waals surface area contributed by atoms with Gasteiger partial charge in [0.05, 0.1) is 11.4 Å². The third-order valence-corrected chi connectivity index (χ3v) is 5.56. The summed E-state index contributed by atoms with van der Waals surface area (Å²) in [7, 11) is 0. The molecule has 2 aromatic carbocycles. The topological polar surface area (TPSA) is 34.9 Å². The van der Waals surface area contributed by atoms with Crippen molar-refractivity contribution in [3.63, 3.8) is 0 Å². The Morgan fingerprint density at radius 2 is 1.60 bits per heavy atom. The highest BCUT2D eigenvalue weighted by Crippen LogP contribution is 2.26. The van der Waals surface area contributed by atoms with Gasteiger partial charge in [0.25, 0.3) is 5.56 Å². The largest absolute Gasteiger partial charge is 0.269 e. The highest BCUT2D eigenvalue weighted by atomic mass is 32.2. The van der Waals surface area contributed by atoms with E-state index in [1.54, 1.807) is 16.3 Å². The summed E-state index contributed by atoms with van der Waals surface area (Å²) in [4.78, 5) is 18.0. The van der Waals surface area contributed by atoms with Crippen LogP contribution >= 0.6 is 11.8 Å². The van der Waals surface area contributed by atoms with Crippen LogP contribution in [0.15, 0.2) is 70.6 Å². The second-order valence-corrected chi connectivity index (χ2v) is 7.22. The van der Waals surface area contributed by atoms with Gasteiger partial charge in [-0.2, -0.15) is 0 Å². The molecule has 0 N–H and O–H groups in total. The van der Waals surface area contributed by atoms with E-state index in [0.717, 1.165) is 53.5 Å². The SMILES string of the molecule is O=c1c2c(nc(SCc3ccccc3)n1-c1ccccc1)CCCC2. The van der Waals surface area contributed by atoms with Crippen LogP contribution in [-0.2, 0) is 18.6 Å². The van der Waals surface area contributed by atoms with Gasteiger partial charge in [0.1, 0.15) is 0 Å². The number of hydrogen-bond donors (Lipinski definition) is 0. The average molecular weight is 348 g/mol. The first-order chi connectivity index (χ1) is 12.3. The normalized spacial score (nSPS) is 13.4. The number of thioether (sulfide) groups is 1. The smallest absolute Gasteiger partial charge is 0.262 e. The van der Waals surface area contributed by atoms with Crippen LogP contribution < -0.4 is 5.56 Å². The number of fused-ring (bicyclic) bond motifs is 1. The molecule has 1 aromatic heterocycles. The van der Waals surface area contributed by atoms with Crippen LogP contribution in [0.25, 0.3) is 5.69 Å². The Kier molecular flexibility index (Phi) is 4.70. The van der Waals surface area contributed by atoms with Crippen molar-refractivity contribution >= 4 is 11.8 Å². The molecule has 1 heterocycles. The van der Waals surface area contributed by atoms with Gasteiger partial charge < -0.3 is 0 Å². The first-order valence-electron chi connectivity index (χ1n) is 8.70. The lowest BCUT2D eigenvalue weighted by molar-refractivity contribution is 0.622. The summed E-state index contributed by atoms with van der Waals surface area (Å²) in [6, 6.07) is 20.2. The Labute approximate surface area is 151 Å². The van der Waals surface area contributed by atoms with E-state index >= 15 is 0 Å². The first kappa shape index (κ1) is 16.2. The Bertz CT molecular complexity index is 920. The summed E-state index contributed by atoms with van der Waals surface area (Å²) in [5.41, 5.74) is 4.13. The van der Waals surface area contributed by atoms with Gasteiger partial charge in [-0.1, -0.05) is 60.3 Å². The molecular weight excluding hydrogens is 328 g/mol. The van der Waals surface area contributed by atoms with Gasteiger partial charge in [0, 0.05) is 11.3 Å². The second kappa shape index (κ2) is 7.28. The predicted octanol–water partition coefficient (Wildman–Crippen LogP) is 4.40. The molecule has 126 valence electrons. The van der Waals surface area contributed by atoms with Crippen LogP contribution in [0.1, 0.15) is 29.7 Å². The van der Waals surface area contributed by atoms with Crippen LogP contribution in [0.4, 0.5) is 0 Å².